The molecule has 0 saturated carbocycles. The van der Waals surface area contributed by atoms with Gasteiger partial charge < -0.3 is 20.0 Å². The molecule has 8 nitrogen and oxygen atoms in total. The minimum Gasteiger partial charge on any atom is -0.469 e. The second-order valence-electron chi connectivity index (χ2n) is 6.77. The van der Waals surface area contributed by atoms with E-state index in [0.717, 1.165) is 30.7 Å². The Morgan fingerprint density at radius 2 is 2.07 bits per heavy atom. The number of amides is 1. The van der Waals surface area contributed by atoms with Gasteiger partial charge in [-0.15, -0.1) is 0 Å². The van der Waals surface area contributed by atoms with Gasteiger partial charge in [0, 0.05) is 45.4 Å². The van der Waals surface area contributed by atoms with Gasteiger partial charge in [0.15, 0.2) is 5.96 Å². The fourth-order valence-corrected chi connectivity index (χ4v) is 2.98. The van der Waals surface area contributed by atoms with E-state index in [9.17, 15) is 4.79 Å². The molecule has 2 rings (SSSR count). The van der Waals surface area contributed by atoms with E-state index in [1.165, 1.54) is 11.3 Å². The van der Waals surface area contributed by atoms with Crippen LogP contribution in [0.25, 0.3) is 0 Å². The first-order chi connectivity index (χ1) is 13.5. The standard InChI is InChI=1S/C20H32N6O2/c1-6-17-16(18(7-2)26(5)24-17)13-22-20(23-14-19(27)25(3)4)21-11-10-15-9-8-12-28-15/h8-9,12H,6-7,10-11,13-14H2,1-5H3,(H2,21,22,23). The van der Waals surface area contributed by atoms with Crippen molar-refractivity contribution in [2.24, 2.45) is 12.0 Å². The van der Waals surface area contributed by atoms with E-state index >= 15 is 0 Å². The first kappa shape index (κ1) is 21.5. The Bertz CT molecular complexity index is 777. The number of furan rings is 1. The summed E-state index contributed by atoms with van der Waals surface area (Å²) in [6, 6.07) is 3.82. The molecule has 0 aliphatic rings. The number of aliphatic imine (C=N–C) groups is 1. The lowest BCUT2D eigenvalue weighted by atomic mass is 10.1. The molecule has 1 amide bonds. The third kappa shape index (κ3) is 5.87. The highest BCUT2D eigenvalue weighted by Gasteiger charge is 2.14. The Morgan fingerprint density at radius 3 is 2.68 bits per heavy atom. The van der Waals surface area contributed by atoms with E-state index in [4.69, 9.17) is 9.41 Å². The molecular weight excluding hydrogens is 356 g/mol. The van der Waals surface area contributed by atoms with Crippen LogP contribution in [0.4, 0.5) is 0 Å². The van der Waals surface area contributed by atoms with Gasteiger partial charge >= 0.3 is 0 Å². The fraction of sp³-hybridized carbons (Fsp3) is 0.550. The van der Waals surface area contributed by atoms with Crippen molar-refractivity contribution >= 4 is 11.9 Å². The molecule has 0 aromatic carbocycles. The molecular formula is C20H32N6O2. The zero-order chi connectivity index (χ0) is 20.5. The number of hydrogen-bond donors (Lipinski definition) is 2. The fourth-order valence-electron chi connectivity index (χ4n) is 2.98. The number of nitrogens with one attached hydrogen (secondary N) is 2. The summed E-state index contributed by atoms with van der Waals surface area (Å²) in [6.07, 6.45) is 4.18. The molecule has 0 aliphatic heterocycles. The number of aromatic nitrogens is 2. The summed E-state index contributed by atoms with van der Waals surface area (Å²) in [5.41, 5.74) is 3.43. The van der Waals surface area contributed by atoms with Crippen LogP contribution < -0.4 is 10.6 Å². The number of hydrogen-bond acceptors (Lipinski definition) is 4. The van der Waals surface area contributed by atoms with Crippen molar-refractivity contribution in [3.05, 3.63) is 41.1 Å². The van der Waals surface area contributed by atoms with E-state index in [-0.39, 0.29) is 12.5 Å². The Kier molecular flexibility index (Phi) is 8.10. The average Bonchev–Trinajstić information content (AvgIpc) is 3.30. The first-order valence-corrected chi connectivity index (χ1v) is 9.74. The van der Waals surface area contributed by atoms with Gasteiger partial charge in [0.1, 0.15) is 5.76 Å². The van der Waals surface area contributed by atoms with Crippen LogP contribution in [0.15, 0.2) is 27.8 Å². The molecule has 2 heterocycles. The maximum Gasteiger partial charge on any atom is 0.241 e. The van der Waals surface area contributed by atoms with Crippen molar-refractivity contribution in [3.8, 4) is 0 Å². The van der Waals surface area contributed by atoms with Crippen LogP contribution in [0, 0.1) is 0 Å². The summed E-state index contributed by atoms with van der Waals surface area (Å²) in [7, 11) is 5.45. The number of carbonyl (C=O) groups is 1. The van der Waals surface area contributed by atoms with Crippen LogP contribution in [-0.2, 0) is 37.6 Å². The van der Waals surface area contributed by atoms with E-state index in [1.54, 1.807) is 25.3 Å². The highest BCUT2D eigenvalue weighted by molar-refractivity contribution is 5.86. The summed E-state index contributed by atoms with van der Waals surface area (Å²) in [5.74, 6) is 1.50. The van der Waals surface area contributed by atoms with Crippen LogP contribution >= 0.6 is 0 Å². The molecule has 28 heavy (non-hydrogen) atoms. The minimum absolute atomic E-state index is 0.00888. The van der Waals surface area contributed by atoms with Crippen molar-refractivity contribution in [2.75, 3.05) is 27.2 Å². The molecule has 2 aromatic heterocycles. The van der Waals surface area contributed by atoms with Crippen molar-refractivity contribution in [1.82, 2.24) is 25.3 Å². The third-order valence-corrected chi connectivity index (χ3v) is 4.57. The second kappa shape index (κ2) is 10.5. The number of carbonyl (C=O) groups excluding carboxylic acids is 1. The summed E-state index contributed by atoms with van der Waals surface area (Å²) < 4.78 is 7.31. The summed E-state index contributed by atoms with van der Waals surface area (Å²) >= 11 is 0. The topological polar surface area (TPSA) is 87.7 Å². The van der Waals surface area contributed by atoms with E-state index in [2.05, 4.69) is 29.6 Å². The van der Waals surface area contributed by atoms with Gasteiger partial charge in [-0.25, -0.2) is 4.99 Å². The molecule has 0 saturated heterocycles. The van der Waals surface area contributed by atoms with Crippen molar-refractivity contribution in [3.63, 3.8) is 0 Å². The number of rotatable bonds is 9. The van der Waals surface area contributed by atoms with Crippen LogP contribution in [0.1, 0.15) is 36.6 Å². The number of aryl methyl sites for hydroxylation is 2. The molecule has 8 heteroatoms. The molecule has 0 radical (unpaired) electrons. The Morgan fingerprint density at radius 1 is 1.29 bits per heavy atom. The normalized spacial score (nSPS) is 11.5. The lowest BCUT2D eigenvalue weighted by molar-refractivity contribution is -0.127. The lowest BCUT2D eigenvalue weighted by Gasteiger charge is -2.15. The van der Waals surface area contributed by atoms with Crippen LogP contribution in [0.3, 0.4) is 0 Å². The highest BCUT2D eigenvalue weighted by Crippen LogP contribution is 2.16. The van der Waals surface area contributed by atoms with Gasteiger partial charge in [-0.2, -0.15) is 5.10 Å². The number of likely N-dealkylation sites (N-methyl/N-ethyl adjacent to an activating group) is 1. The zero-order valence-corrected chi connectivity index (χ0v) is 17.6. The predicted molar refractivity (Wildman–Crippen MR) is 110 cm³/mol. The molecule has 0 atom stereocenters. The minimum atomic E-state index is -0.00888. The van der Waals surface area contributed by atoms with Crippen molar-refractivity contribution in [2.45, 2.75) is 39.7 Å². The molecule has 0 aliphatic carbocycles. The summed E-state index contributed by atoms with van der Waals surface area (Å²) in [5, 5.41) is 11.0. The molecule has 0 spiro atoms. The lowest BCUT2D eigenvalue weighted by Crippen LogP contribution is -2.43. The van der Waals surface area contributed by atoms with Gasteiger partial charge in [-0.05, 0) is 25.0 Å². The maximum atomic E-state index is 11.9. The van der Waals surface area contributed by atoms with Gasteiger partial charge in [-0.1, -0.05) is 13.8 Å². The number of guanidine groups is 1. The molecule has 0 fully saturated rings. The third-order valence-electron chi connectivity index (χ3n) is 4.57. The van der Waals surface area contributed by atoms with E-state index in [1.807, 2.05) is 23.9 Å². The zero-order valence-electron chi connectivity index (χ0n) is 17.6. The average molecular weight is 389 g/mol. The van der Waals surface area contributed by atoms with Gasteiger partial charge in [0.2, 0.25) is 5.91 Å². The first-order valence-electron chi connectivity index (χ1n) is 9.74. The highest BCUT2D eigenvalue weighted by atomic mass is 16.3. The predicted octanol–water partition coefficient (Wildman–Crippen LogP) is 1.50. The molecule has 154 valence electrons. The Hall–Kier alpha value is -2.77. The maximum absolute atomic E-state index is 11.9. The molecule has 2 N–H and O–H groups in total. The molecule has 0 unspecified atom stereocenters. The largest absolute Gasteiger partial charge is 0.469 e. The summed E-state index contributed by atoms with van der Waals surface area (Å²) in [4.78, 5) is 18.2. The van der Waals surface area contributed by atoms with Crippen LogP contribution in [0.5, 0.6) is 0 Å². The molecule has 2 aromatic rings. The smallest absolute Gasteiger partial charge is 0.241 e. The quantitative estimate of drug-likeness (QED) is 0.502. The monoisotopic (exact) mass is 388 g/mol. The Labute approximate surface area is 167 Å². The van der Waals surface area contributed by atoms with E-state index in [0.29, 0.717) is 19.0 Å². The van der Waals surface area contributed by atoms with Crippen LogP contribution in [0.2, 0.25) is 0 Å². The van der Waals surface area contributed by atoms with Crippen molar-refractivity contribution in [1.29, 1.82) is 0 Å². The van der Waals surface area contributed by atoms with Gasteiger partial charge in [0.05, 0.1) is 25.0 Å². The van der Waals surface area contributed by atoms with E-state index < -0.39 is 0 Å². The molecule has 0 bridgehead atoms. The Balaban J connectivity index is 2.09. The second-order valence-corrected chi connectivity index (χ2v) is 6.77. The summed E-state index contributed by atoms with van der Waals surface area (Å²) in [6.45, 7) is 5.59. The SMILES string of the molecule is CCc1nn(C)c(CC)c1CN=C(NCCc1ccco1)NCC(=O)N(C)C. The van der Waals surface area contributed by atoms with Crippen molar-refractivity contribution < 1.29 is 9.21 Å². The van der Waals surface area contributed by atoms with Crippen LogP contribution in [-0.4, -0.2) is 53.7 Å². The van der Waals surface area contributed by atoms with Gasteiger partial charge in [0.25, 0.3) is 0 Å². The van der Waals surface area contributed by atoms with Gasteiger partial charge in [-0.3, -0.25) is 9.48 Å². The number of nitrogens with zero attached hydrogens (tertiary/aromatic N) is 4.